The van der Waals surface area contributed by atoms with Gasteiger partial charge in [0.2, 0.25) is 0 Å². The smallest absolute Gasteiger partial charge is 0.149 e. The molecule has 4 rings (SSSR count). The minimum absolute atomic E-state index is 0.194. The molecule has 0 aromatic heterocycles. The Morgan fingerprint density at radius 2 is 1.36 bits per heavy atom. The summed E-state index contributed by atoms with van der Waals surface area (Å²) in [7, 11) is 0. The van der Waals surface area contributed by atoms with Crippen LogP contribution in [0.1, 0.15) is 23.6 Å². The van der Waals surface area contributed by atoms with Crippen LogP contribution in [0.2, 0.25) is 0 Å². The van der Waals surface area contributed by atoms with Crippen molar-refractivity contribution in [2.75, 3.05) is 5.32 Å². The Morgan fingerprint density at radius 1 is 0.800 bits per heavy atom. The summed E-state index contributed by atoms with van der Waals surface area (Å²) in [5.74, 6) is 0. The van der Waals surface area contributed by atoms with Crippen molar-refractivity contribution in [1.82, 2.24) is 0 Å². The van der Waals surface area contributed by atoms with Crippen LogP contribution in [-0.2, 0) is 10.3 Å². The van der Waals surface area contributed by atoms with E-state index in [0.29, 0.717) is 0 Å². The van der Waals surface area contributed by atoms with Gasteiger partial charge in [0.1, 0.15) is 11.8 Å². The van der Waals surface area contributed by atoms with Gasteiger partial charge in [-0.15, -0.1) is 0 Å². The highest BCUT2D eigenvalue weighted by Crippen LogP contribution is 2.47. The Kier molecular flexibility index (Phi) is 4.12. The number of nitrogens with one attached hydrogen (secondary N) is 1. The molecule has 25 heavy (non-hydrogen) atoms. The first-order valence-electron chi connectivity index (χ1n) is 8.62. The van der Waals surface area contributed by atoms with Gasteiger partial charge in [0.15, 0.2) is 0 Å². The fraction of sp³-hybridized carbons (Fsp3) is 0.130. The molecule has 1 N–H and O–H groups in total. The second-order valence-electron chi connectivity index (χ2n) is 6.17. The minimum Gasteiger partial charge on any atom is -0.356 e. The summed E-state index contributed by atoms with van der Waals surface area (Å²) in [5.41, 5.74) is 3.85. The molecule has 0 fully saturated rings. The van der Waals surface area contributed by atoms with Gasteiger partial charge in [-0.2, -0.15) is 0 Å². The standard InChI is InChI=1S/C23H21NO/c1-2-11-22-24-21-17-10-9-16-20(21)23(25-22,18-12-5-3-6-13-18)19-14-7-4-8-15-19/h2-17,22,24H,1H3/b11-2+/t22-/m0/s1. The van der Waals surface area contributed by atoms with Crippen molar-refractivity contribution in [1.29, 1.82) is 0 Å². The number of fused-ring (bicyclic) bond motifs is 1. The Morgan fingerprint density at radius 3 is 1.96 bits per heavy atom. The van der Waals surface area contributed by atoms with Crippen LogP contribution in [-0.4, -0.2) is 6.23 Å². The van der Waals surface area contributed by atoms with E-state index >= 15 is 0 Å². The van der Waals surface area contributed by atoms with E-state index in [2.05, 4.69) is 84.2 Å². The zero-order chi connectivity index (χ0) is 17.1. The van der Waals surface area contributed by atoms with Crippen LogP contribution in [0.15, 0.2) is 97.1 Å². The van der Waals surface area contributed by atoms with E-state index in [9.17, 15) is 0 Å². The molecule has 0 amide bonds. The zero-order valence-electron chi connectivity index (χ0n) is 14.2. The maximum atomic E-state index is 6.72. The summed E-state index contributed by atoms with van der Waals surface area (Å²) in [4.78, 5) is 0. The highest BCUT2D eigenvalue weighted by molar-refractivity contribution is 5.63. The van der Waals surface area contributed by atoms with E-state index in [-0.39, 0.29) is 6.23 Å². The normalized spacial score (nSPS) is 18.5. The number of hydrogen-bond acceptors (Lipinski definition) is 2. The van der Waals surface area contributed by atoms with Crippen molar-refractivity contribution >= 4 is 5.69 Å². The van der Waals surface area contributed by atoms with Gasteiger partial charge in [0.25, 0.3) is 0 Å². The number of hydrogen-bond donors (Lipinski definition) is 1. The topological polar surface area (TPSA) is 21.3 Å². The molecule has 0 unspecified atom stereocenters. The summed E-state index contributed by atoms with van der Waals surface area (Å²) < 4.78 is 6.72. The lowest BCUT2D eigenvalue weighted by molar-refractivity contribution is -0.0192. The lowest BCUT2D eigenvalue weighted by Crippen LogP contribution is -2.43. The first kappa shape index (κ1) is 15.7. The van der Waals surface area contributed by atoms with Gasteiger partial charge >= 0.3 is 0 Å². The van der Waals surface area contributed by atoms with Crippen LogP contribution < -0.4 is 5.32 Å². The predicted octanol–water partition coefficient (Wildman–Crippen LogP) is 5.32. The monoisotopic (exact) mass is 327 g/mol. The molecule has 0 saturated heterocycles. The molecular weight excluding hydrogens is 306 g/mol. The number of anilines is 1. The molecule has 1 aliphatic heterocycles. The summed E-state index contributed by atoms with van der Waals surface area (Å²) >= 11 is 0. The number of allylic oxidation sites excluding steroid dienone is 1. The lowest BCUT2D eigenvalue weighted by Gasteiger charge is -2.43. The zero-order valence-corrected chi connectivity index (χ0v) is 14.2. The molecule has 0 bridgehead atoms. The molecule has 1 heterocycles. The third-order valence-corrected chi connectivity index (χ3v) is 4.64. The molecule has 2 heteroatoms. The summed E-state index contributed by atoms with van der Waals surface area (Å²) in [6, 6.07) is 29.3. The molecule has 3 aromatic carbocycles. The summed E-state index contributed by atoms with van der Waals surface area (Å²) in [6.07, 6.45) is 3.88. The third-order valence-electron chi connectivity index (χ3n) is 4.64. The van der Waals surface area contributed by atoms with Crippen LogP contribution >= 0.6 is 0 Å². The van der Waals surface area contributed by atoms with Crippen molar-refractivity contribution in [3.8, 4) is 0 Å². The van der Waals surface area contributed by atoms with Crippen LogP contribution in [0.5, 0.6) is 0 Å². The molecule has 124 valence electrons. The Hall–Kier alpha value is -2.84. The second kappa shape index (κ2) is 6.58. The first-order chi connectivity index (χ1) is 12.3. The second-order valence-corrected chi connectivity index (χ2v) is 6.17. The summed E-state index contributed by atoms with van der Waals surface area (Å²) in [5, 5.41) is 3.48. The third kappa shape index (κ3) is 2.65. The van der Waals surface area contributed by atoms with Crippen LogP contribution in [0, 0.1) is 0 Å². The van der Waals surface area contributed by atoms with Gasteiger partial charge in [-0.3, -0.25) is 0 Å². The van der Waals surface area contributed by atoms with Crippen molar-refractivity contribution in [3.05, 3.63) is 114 Å². The van der Waals surface area contributed by atoms with Crippen molar-refractivity contribution < 1.29 is 4.74 Å². The quantitative estimate of drug-likeness (QED) is 0.657. The summed E-state index contributed by atoms with van der Waals surface area (Å²) in [6.45, 7) is 2.01. The lowest BCUT2D eigenvalue weighted by atomic mass is 9.78. The molecule has 1 atom stereocenters. The fourth-order valence-electron chi connectivity index (χ4n) is 3.57. The fourth-order valence-corrected chi connectivity index (χ4v) is 3.57. The highest BCUT2D eigenvalue weighted by Gasteiger charge is 2.43. The minimum atomic E-state index is -0.644. The molecule has 0 saturated carbocycles. The van der Waals surface area contributed by atoms with Gasteiger partial charge < -0.3 is 10.1 Å². The molecule has 0 spiro atoms. The number of rotatable bonds is 3. The number of ether oxygens (including phenoxy) is 1. The van der Waals surface area contributed by atoms with E-state index in [4.69, 9.17) is 4.74 Å². The van der Waals surface area contributed by atoms with Gasteiger partial charge in [-0.1, -0.05) is 84.9 Å². The van der Waals surface area contributed by atoms with Crippen LogP contribution in [0.25, 0.3) is 0 Å². The van der Waals surface area contributed by atoms with E-state index in [1.807, 2.05) is 25.1 Å². The molecule has 3 aromatic rings. The average molecular weight is 327 g/mol. The van der Waals surface area contributed by atoms with Gasteiger partial charge in [0.05, 0.1) is 0 Å². The molecular formula is C23H21NO. The molecule has 1 aliphatic rings. The van der Waals surface area contributed by atoms with Gasteiger partial charge in [-0.05, 0) is 30.2 Å². The molecule has 0 aliphatic carbocycles. The van der Waals surface area contributed by atoms with Crippen LogP contribution in [0.4, 0.5) is 5.69 Å². The Balaban J connectivity index is 2.03. The number of benzene rings is 3. The van der Waals surface area contributed by atoms with Crippen LogP contribution in [0.3, 0.4) is 0 Å². The van der Waals surface area contributed by atoms with E-state index in [0.717, 1.165) is 22.4 Å². The maximum absolute atomic E-state index is 6.72. The van der Waals surface area contributed by atoms with Crippen molar-refractivity contribution in [2.45, 2.75) is 18.8 Å². The Bertz CT molecular complexity index is 831. The van der Waals surface area contributed by atoms with E-state index in [1.54, 1.807) is 0 Å². The van der Waals surface area contributed by atoms with Crippen molar-refractivity contribution in [3.63, 3.8) is 0 Å². The highest BCUT2D eigenvalue weighted by atomic mass is 16.5. The van der Waals surface area contributed by atoms with E-state index in [1.165, 1.54) is 0 Å². The number of para-hydroxylation sites is 1. The predicted molar refractivity (Wildman–Crippen MR) is 103 cm³/mol. The molecule has 0 radical (unpaired) electrons. The average Bonchev–Trinajstić information content (AvgIpc) is 2.69. The van der Waals surface area contributed by atoms with Gasteiger partial charge in [0, 0.05) is 11.3 Å². The Labute approximate surface area is 148 Å². The SMILES string of the molecule is C/C=C/[C@H]1Nc2ccccc2C(c2ccccc2)(c2ccccc2)O1. The first-order valence-corrected chi connectivity index (χ1v) is 8.62. The maximum Gasteiger partial charge on any atom is 0.149 e. The van der Waals surface area contributed by atoms with Crippen molar-refractivity contribution in [2.24, 2.45) is 0 Å². The largest absolute Gasteiger partial charge is 0.356 e. The van der Waals surface area contributed by atoms with Gasteiger partial charge in [-0.25, -0.2) is 0 Å². The van der Waals surface area contributed by atoms with E-state index < -0.39 is 5.60 Å². The molecule has 2 nitrogen and oxygen atoms in total.